The maximum absolute atomic E-state index is 10.8. The first-order valence-electron chi connectivity index (χ1n) is 3.65. The monoisotopic (exact) mass is 180 g/mol. The highest BCUT2D eigenvalue weighted by molar-refractivity contribution is 5.77. The molecule has 0 saturated heterocycles. The van der Waals surface area contributed by atoms with Crippen LogP contribution in [0.1, 0.15) is 18.1 Å². The number of hydrogen-bond acceptors (Lipinski definition) is 5. The summed E-state index contributed by atoms with van der Waals surface area (Å²) < 4.78 is 4.68. The molecule has 6 nitrogen and oxygen atoms in total. The van der Waals surface area contributed by atoms with Crippen LogP contribution in [0.15, 0.2) is 4.52 Å². The van der Waals surface area contributed by atoms with Gasteiger partial charge in [-0.3, -0.25) is 4.79 Å². The highest BCUT2D eigenvalue weighted by Gasteiger charge is 2.04. The molecule has 0 aliphatic carbocycles. The van der Waals surface area contributed by atoms with Crippen LogP contribution in [0, 0.1) is 18.3 Å². The van der Waals surface area contributed by atoms with Gasteiger partial charge in [0.25, 0.3) is 0 Å². The average Bonchev–Trinajstić information content (AvgIpc) is 2.49. The van der Waals surface area contributed by atoms with Crippen LogP contribution in [0.4, 0.5) is 0 Å². The first-order chi connectivity index (χ1) is 6.22. The molecule has 0 bridgehead atoms. The summed E-state index contributed by atoms with van der Waals surface area (Å²) >= 11 is 0. The molecule has 1 aromatic heterocycles. The van der Waals surface area contributed by atoms with Crippen LogP contribution in [0.3, 0.4) is 0 Å². The van der Waals surface area contributed by atoms with Crippen molar-refractivity contribution < 1.29 is 9.32 Å². The standard InChI is InChI=1S/C7H8N4O2/c1-5-10-6(11-13-5)4-9-7(12)2-3-8/h2,4H2,1H3,(H,9,12). The van der Waals surface area contributed by atoms with E-state index in [-0.39, 0.29) is 18.9 Å². The zero-order chi connectivity index (χ0) is 9.68. The van der Waals surface area contributed by atoms with Crippen molar-refractivity contribution in [2.75, 3.05) is 0 Å². The van der Waals surface area contributed by atoms with E-state index in [9.17, 15) is 4.79 Å². The van der Waals surface area contributed by atoms with Crippen LogP contribution in [-0.2, 0) is 11.3 Å². The molecule has 0 unspecified atom stereocenters. The molecule has 0 spiro atoms. The Morgan fingerprint density at radius 1 is 1.77 bits per heavy atom. The van der Waals surface area contributed by atoms with Crippen molar-refractivity contribution in [2.45, 2.75) is 19.9 Å². The molecule has 0 aliphatic rings. The lowest BCUT2D eigenvalue weighted by atomic mass is 10.4. The van der Waals surface area contributed by atoms with Crippen LogP contribution in [0.25, 0.3) is 0 Å². The number of amides is 1. The van der Waals surface area contributed by atoms with Gasteiger partial charge >= 0.3 is 0 Å². The number of nitrogens with zero attached hydrogens (tertiary/aromatic N) is 3. The van der Waals surface area contributed by atoms with Crippen LogP contribution in [0.5, 0.6) is 0 Å². The Morgan fingerprint density at radius 3 is 3.08 bits per heavy atom. The van der Waals surface area contributed by atoms with Gasteiger partial charge in [-0.2, -0.15) is 10.2 Å². The molecule has 1 N–H and O–H groups in total. The third kappa shape index (κ3) is 2.91. The smallest absolute Gasteiger partial charge is 0.234 e. The SMILES string of the molecule is Cc1nc(CNC(=O)CC#N)no1. The second-order valence-electron chi connectivity index (χ2n) is 2.34. The third-order valence-corrected chi connectivity index (χ3v) is 1.25. The number of nitrogens with one attached hydrogen (secondary N) is 1. The fraction of sp³-hybridized carbons (Fsp3) is 0.429. The van der Waals surface area contributed by atoms with E-state index >= 15 is 0 Å². The van der Waals surface area contributed by atoms with Gasteiger partial charge in [0.2, 0.25) is 11.8 Å². The van der Waals surface area contributed by atoms with Crippen LogP contribution < -0.4 is 5.32 Å². The van der Waals surface area contributed by atoms with Gasteiger partial charge in [-0.25, -0.2) is 0 Å². The normalized spacial score (nSPS) is 9.23. The van der Waals surface area contributed by atoms with E-state index in [1.807, 2.05) is 0 Å². The molecule has 1 rings (SSSR count). The van der Waals surface area contributed by atoms with Gasteiger partial charge in [-0.1, -0.05) is 5.16 Å². The van der Waals surface area contributed by atoms with Crippen molar-refractivity contribution in [2.24, 2.45) is 0 Å². The minimum Gasteiger partial charge on any atom is -0.348 e. The molecule has 0 aromatic carbocycles. The van der Waals surface area contributed by atoms with Crippen molar-refractivity contribution in [1.29, 1.82) is 5.26 Å². The number of rotatable bonds is 3. The zero-order valence-corrected chi connectivity index (χ0v) is 7.07. The Labute approximate surface area is 74.5 Å². The number of aryl methyl sites for hydroxylation is 1. The second kappa shape index (κ2) is 4.21. The Hall–Kier alpha value is -1.90. The molecule has 0 fully saturated rings. The van der Waals surface area contributed by atoms with Crippen molar-refractivity contribution in [3.8, 4) is 6.07 Å². The molecule has 6 heteroatoms. The molecule has 68 valence electrons. The van der Waals surface area contributed by atoms with Crippen LogP contribution in [-0.4, -0.2) is 16.0 Å². The van der Waals surface area contributed by atoms with E-state index in [0.717, 1.165) is 0 Å². The summed E-state index contributed by atoms with van der Waals surface area (Å²) in [5.41, 5.74) is 0. The van der Waals surface area contributed by atoms with Gasteiger partial charge < -0.3 is 9.84 Å². The number of carbonyl (C=O) groups is 1. The summed E-state index contributed by atoms with van der Waals surface area (Å²) in [5, 5.41) is 14.2. The molecule has 1 amide bonds. The maximum atomic E-state index is 10.8. The summed E-state index contributed by atoms with van der Waals surface area (Å²) in [6, 6.07) is 1.73. The second-order valence-corrected chi connectivity index (χ2v) is 2.34. The first-order valence-corrected chi connectivity index (χ1v) is 3.65. The molecule has 1 aromatic rings. The van der Waals surface area contributed by atoms with E-state index in [1.54, 1.807) is 13.0 Å². The number of nitriles is 1. The van der Waals surface area contributed by atoms with Gasteiger partial charge in [-0.05, 0) is 0 Å². The van der Waals surface area contributed by atoms with Gasteiger partial charge in [-0.15, -0.1) is 0 Å². The minimum atomic E-state index is -0.343. The van der Waals surface area contributed by atoms with Gasteiger partial charge in [0.1, 0.15) is 6.42 Å². The van der Waals surface area contributed by atoms with E-state index in [2.05, 4.69) is 20.0 Å². The summed E-state index contributed by atoms with van der Waals surface area (Å²) in [4.78, 5) is 14.7. The third-order valence-electron chi connectivity index (χ3n) is 1.25. The fourth-order valence-electron chi connectivity index (χ4n) is 0.725. The highest BCUT2D eigenvalue weighted by atomic mass is 16.5. The summed E-state index contributed by atoms with van der Waals surface area (Å²) in [6.07, 6.45) is -0.156. The predicted molar refractivity (Wildman–Crippen MR) is 41.1 cm³/mol. The Bertz CT molecular complexity index is 339. The highest BCUT2D eigenvalue weighted by Crippen LogP contribution is 1.93. The number of carbonyl (C=O) groups excluding carboxylic acids is 1. The van der Waals surface area contributed by atoms with Crippen LogP contribution >= 0.6 is 0 Å². The van der Waals surface area contributed by atoms with E-state index in [1.165, 1.54) is 0 Å². The van der Waals surface area contributed by atoms with Crippen molar-refractivity contribution in [3.05, 3.63) is 11.7 Å². The van der Waals surface area contributed by atoms with Crippen molar-refractivity contribution in [1.82, 2.24) is 15.5 Å². The van der Waals surface area contributed by atoms with Gasteiger partial charge in [0, 0.05) is 6.92 Å². The largest absolute Gasteiger partial charge is 0.348 e. The maximum Gasteiger partial charge on any atom is 0.234 e. The Kier molecular flexibility index (Phi) is 2.97. The van der Waals surface area contributed by atoms with E-state index < -0.39 is 0 Å². The molecule has 0 saturated carbocycles. The molecule has 0 radical (unpaired) electrons. The lowest BCUT2D eigenvalue weighted by Gasteiger charge is -1.95. The topological polar surface area (TPSA) is 91.8 Å². The summed E-state index contributed by atoms with van der Waals surface area (Å²) in [5.74, 6) is 0.512. The van der Waals surface area contributed by atoms with Gasteiger partial charge in [0.05, 0.1) is 12.6 Å². The molecule has 1 heterocycles. The fourth-order valence-corrected chi connectivity index (χ4v) is 0.725. The lowest BCUT2D eigenvalue weighted by molar-refractivity contribution is -0.120. The lowest BCUT2D eigenvalue weighted by Crippen LogP contribution is -2.22. The van der Waals surface area contributed by atoms with Crippen molar-refractivity contribution in [3.63, 3.8) is 0 Å². The average molecular weight is 180 g/mol. The predicted octanol–water partition coefficient (Wildman–Crippen LogP) is -0.0921. The molecule has 0 atom stereocenters. The molecule has 0 aliphatic heterocycles. The molecular formula is C7H8N4O2. The van der Waals surface area contributed by atoms with E-state index in [4.69, 9.17) is 5.26 Å². The zero-order valence-electron chi connectivity index (χ0n) is 7.07. The van der Waals surface area contributed by atoms with Crippen molar-refractivity contribution >= 4 is 5.91 Å². The number of aromatic nitrogens is 2. The summed E-state index contributed by atoms with van der Waals surface area (Å²) in [7, 11) is 0. The quantitative estimate of drug-likeness (QED) is 0.701. The Balaban J connectivity index is 2.36. The van der Waals surface area contributed by atoms with Crippen LogP contribution in [0.2, 0.25) is 0 Å². The molecule has 13 heavy (non-hydrogen) atoms. The molecular weight excluding hydrogens is 172 g/mol. The van der Waals surface area contributed by atoms with E-state index in [0.29, 0.717) is 11.7 Å². The first kappa shape index (κ1) is 9.19. The minimum absolute atomic E-state index is 0.156. The number of hydrogen-bond donors (Lipinski definition) is 1. The summed E-state index contributed by atoms with van der Waals surface area (Å²) in [6.45, 7) is 1.85. The van der Waals surface area contributed by atoms with Gasteiger partial charge in [0.15, 0.2) is 5.82 Å². The Morgan fingerprint density at radius 2 is 2.54 bits per heavy atom.